The van der Waals surface area contributed by atoms with Gasteiger partial charge in [0, 0.05) is 6.07 Å². The highest BCUT2D eigenvalue weighted by atomic mass is 32.3. The van der Waals surface area contributed by atoms with E-state index in [0.717, 1.165) is 6.07 Å². The third kappa shape index (κ3) is 8.45. The number of H-pyrrole nitrogens is 1. The zero-order valence-corrected chi connectivity index (χ0v) is 7.52. The molecule has 80 valence electrons. The van der Waals surface area contributed by atoms with E-state index >= 15 is 0 Å². The van der Waals surface area contributed by atoms with Crippen LogP contribution in [0.1, 0.15) is 0 Å². The summed E-state index contributed by atoms with van der Waals surface area (Å²) in [6, 6.07) is 1.16. The Morgan fingerprint density at radius 2 is 1.79 bits per heavy atom. The number of rotatable bonds is 0. The van der Waals surface area contributed by atoms with Crippen molar-refractivity contribution in [3.05, 3.63) is 16.4 Å². The summed E-state index contributed by atoms with van der Waals surface area (Å²) in [5, 5.41) is 0. The number of anilines is 2. The Morgan fingerprint density at radius 3 is 2.07 bits per heavy atom. The normalized spacial score (nSPS) is 10.1. The molecular formula is C4H8N4O5S. The van der Waals surface area contributed by atoms with Crippen molar-refractivity contribution in [3.63, 3.8) is 0 Å². The number of aromatic nitrogens is 2. The highest BCUT2D eigenvalue weighted by molar-refractivity contribution is 7.79. The molecule has 0 radical (unpaired) electrons. The van der Waals surface area contributed by atoms with E-state index in [9.17, 15) is 4.79 Å². The van der Waals surface area contributed by atoms with Crippen molar-refractivity contribution in [3.8, 4) is 0 Å². The molecule has 0 atom stereocenters. The Labute approximate surface area is 78.3 Å². The second-order valence-electron chi connectivity index (χ2n) is 2.00. The van der Waals surface area contributed by atoms with Crippen LogP contribution in [0.4, 0.5) is 11.8 Å². The zero-order valence-electron chi connectivity index (χ0n) is 6.71. The van der Waals surface area contributed by atoms with Gasteiger partial charge in [-0.1, -0.05) is 0 Å². The maximum absolute atomic E-state index is 10.5. The van der Waals surface area contributed by atoms with Crippen molar-refractivity contribution in [1.29, 1.82) is 0 Å². The second kappa shape index (κ2) is 4.55. The van der Waals surface area contributed by atoms with Crippen LogP contribution in [0, 0.1) is 0 Å². The maximum atomic E-state index is 10.5. The summed E-state index contributed by atoms with van der Waals surface area (Å²) in [6.07, 6.45) is 0. The van der Waals surface area contributed by atoms with Gasteiger partial charge in [0.2, 0.25) is 5.95 Å². The van der Waals surface area contributed by atoms with Gasteiger partial charge in [-0.2, -0.15) is 13.4 Å². The monoisotopic (exact) mass is 224 g/mol. The molecule has 0 aromatic carbocycles. The number of hydrogen-bond donors (Lipinski definition) is 5. The van der Waals surface area contributed by atoms with E-state index in [4.69, 9.17) is 29.0 Å². The molecule has 0 aliphatic heterocycles. The van der Waals surface area contributed by atoms with E-state index < -0.39 is 10.4 Å². The molecular weight excluding hydrogens is 216 g/mol. The standard InChI is InChI=1S/C4H6N4O.H2O4S/c5-2-1-3(9)8-4(6)7-2;1-5(2,3)4/h1H,(H5,5,6,7,8,9);(H2,1,2,3,4). The minimum atomic E-state index is -4.67. The Morgan fingerprint density at radius 1 is 1.36 bits per heavy atom. The molecule has 0 aliphatic rings. The van der Waals surface area contributed by atoms with Crippen LogP contribution in [0.15, 0.2) is 10.9 Å². The predicted octanol–water partition coefficient (Wildman–Crippen LogP) is -1.72. The molecule has 0 aliphatic carbocycles. The highest BCUT2D eigenvalue weighted by Gasteiger charge is 1.89. The van der Waals surface area contributed by atoms with Gasteiger partial charge >= 0.3 is 10.4 Å². The van der Waals surface area contributed by atoms with E-state index in [1.165, 1.54) is 0 Å². The van der Waals surface area contributed by atoms with Crippen molar-refractivity contribution in [1.82, 2.24) is 9.97 Å². The second-order valence-corrected chi connectivity index (χ2v) is 2.90. The lowest BCUT2D eigenvalue weighted by Crippen LogP contribution is -2.11. The lowest BCUT2D eigenvalue weighted by Gasteiger charge is -1.90. The number of nitrogens with two attached hydrogens (primary N) is 2. The van der Waals surface area contributed by atoms with Crippen molar-refractivity contribution < 1.29 is 17.5 Å². The molecule has 10 heteroatoms. The smallest absolute Gasteiger partial charge is 0.383 e. The lowest BCUT2D eigenvalue weighted by molar-refractivity contribution is 0.381. The van der Waals surface area contributed by atoms with Crippen LogP contribution >= 0.6 is 0 Å². The van der Waals surface area contributed by atoms with Crippen LogP contribution in [0.25, 0.3) is 0 Å². The van der Waals surface area contributed by atoms with Crippen molar-refractivity contribution in [2.75, 3.05) is 11.5 Å². The van der Waals surface area contributed by atoms with Gasteiger partial charge in [-0.05, 0) is 0 Å². The quantitative estimate of drug-likeness (QED) is 0.323. The fourth-order valence-electron chi connectivity index (χ4n) is 0.496. The number of nitrogen functional groups attached to an aromatic ring is 2. The first-order chi connectivity index (χ1) is 6.18. The van der Waals surface area contributed by atoms with Crippen molar-refractivity contribution >= 4 is 22.2 Å². The van der Waals surface area contributed by atoms with Crippen LogP contribution in [0.3, 0.4) is 0 Å². The Kier molecular flexibility index (Phi) is 4.01. The molecule has 9 nitrogen and oxygen atoms in total. The molecule has 0 fully saturated rings. The first-order valence-electron chi connectivity index (χ1n) is 3.00. The summed E-state index contributed by atoms with van der Waals surface area (Å²) in [6.45, 7) is 0. The summed E-state index contributed by atoms with van der Waals surface area (Å²) in [5.41, 5.74) is 9.93. The molecule has 0 bridgehead atoms. The SMILES string of the molecule is Nc1cc(=O)[nH]c(N)n1.O=S(=O)(O)O. The molecule has 14 heavy (non-hydrogen) atoms. The predicted molar refractivity (Wildman–Crippen MR) is 47.9 cm³/mol. The van der Waals surface area contributed by atoms with E-state index in [1.54, 1.807) is 0 Å². The number of nitrogens with one attached hydrogen (secondary N) is 1. The average molecular weight is 224 g/mol. The van der Waals surface area contributed by atoms with Gasteiger partial charge in [0.15, 0.2) is 0 Å². The third-order valence-corrected chi connectivity index (χ3v) is 0.780. The van der Waals surface area contributed by atoms with Gasteiger partial charge in [0.25, 0.3) is 5.56 Å². The minimum Gasteiger partial charge on any atom is -0.383 e. The first-order valence-corrected chi connectivity index (χ1v) is 4.40. The van der Waals surface area contributed by atoms with Gasteiger partial charge in [0.05, 0.1) is 0 Å². The molecule has 0 saturated carbocycles. The Balaban J connectivity index is 0.000000292. The molecule has 7 N–H and O–H groups in total. The first kappa shape index (κ1) is 12.3. The lowest BCUT2D eigenvalue weighted by atomic mass is 10.6. The fourth-order valence-corrected chi connectivity index (χ4v) is 0.496. The Hall–Kier alpha value is -1.65. The van der Waals surface area contributed by atoms with Gasteiger partial charge in [-0.25, -0.2) is 0 Å². The summed E-state index contributed by atoms with van der Waals surface area (Å²) >= 11 is 0. The van der Waals surface area contributed by atoms with Crippen molar-refractivity contribution in [2.45, 2.75) is 0 Å². The molecule has 0 unspecified atom stereocenters. The van der Waals surface area contributed by atoms with Gasteiger partial charge in [-0.3, -0.25) is 18.9 Å². The summed E-state index contributed by atoms with van der Waals surface area (Å²) < 4.78 is 31.6. The van der Waals surface area contributed by atoms with Crippen LogP contribution in [-0.2, 0) is 10.4 Å². The maximum Gasteiger partial charge on any atom is 0.394 e. The molecule has 1 heterocycles. The molecule has 1 aromatic heterocycles. The van der Waals surface area contributed by atoms with Crippen LogP contribution in [0.5, 0.6) is 0 Å². The average Bonchev–Trinajstić information content (AvgIpc) is 1.77. The molecule has 1 aromatic rings. The Bertz CT molecular complexity index is 420. The molecule has 0 saturated heterocycles. The zero-order chi connectivity index (χ0) is 11.4. The number of nitrogens with zero attached hydrogens (tertiary/aromatic N) is 1. The van der Waals surface area contributed by atoms with Gasteiger partial charge in [0.1, 0.15) is 5.82 Å². The topological polar surface area (TPSA) is 172 Å². The summed E-state index contributed by atoms with van der Waals surface area (Å²) in [7, 11) is -4.67. The van der Waals surface area contributed by atoms with Crippen molar-refractivity contribution in [2.24, 2.45) is 0 Å². The van der Waals surface area contributed by atoms with E-state index in [1.807, 2.05) is 0 Å². The number of aromatic amines is 1. The molecule has 0 amide bonds. The molecule has 1 rings (SSSR count). The molecule has 0 spiro atoms. The summed E-state index contributed by atoms with van der Waals surface area (Å²) in [4.78, 5) is 16.2. The number of hydrogen-bond acceptors (Lipinski definition) is 6. The summed E-state index contributed by atoms with van der Waals surface area (Å²) in [5.74, 6) is 0.177. The van der Waals surface area contributed by atoms with E-state index in [0.29, 0.717) is 0 Å². The third-order valence-electron chi connectivity index (χ3n) is 0.780. The van der Waals surface area contributed by atoms with Gasteiger partial charge in [-0.15, -0.1) is 0 Å². The van der Waals surface area contributed by atoms with Crippen LogP contribution in [0.2, 0.25) is 0 Å². The van der Waals surface area contributed by atoms with Gasteiger partial charge < -0.3 is 11.5 Å². The van der Waals surface area contributed by atoms with Crippen LogP contribution < -0.4 is 17.0 Å². The fraction of sp³-hybridized carbons (Fsp3) is 0. The van der Waals surface area contributed by atoms with E-state index in [-0.39, 0.29) is 17.3 Å². The van der Waals surface area contributed by atoms with E-state index in [2.05, 4.69) is 9.97 Å². The van der Waals surface area contributed by atoms with Crippen LogP contribution in [-0.4, -0.2) is 27.5 Å². The largest absolute Gasteiger partial charge is 0.394 e. The minimum absolute atomic E-state index is 0.0417. The highest BCUT2D eigenvalue weighted by Crippen LogP contribution is 1.89.